The second-order valence-electron chi connectivity index (χ2n) is 5.83. The number of halogens is 3. The van der Waals surface area contributed by atoms with Gasteiger partial charge in [-0.3, -0.25) is 4.79 Å². The van der Waals surface area contributed by atoms with Crippen LogP contribution in [-0.4, -0.2) is 22.1 Å². The highest BCUT2D eigenvalue weighted by Gasteiger charge is 2.18. The normalized spacial score (nSPS) is 10.6. The standard InChI is InChI=1S/C19H14Cl2FN3O3S/c1-2-10-3-5-11(6-4-10)23-17(26)18-25-24-16(29-18)9-28-19(27)12-7-15(22)14(21)8-13(12)20/h3-8H,2,9H2,1H3,(H,23,26). The molecule has 0 aliphatic carbocycles. The Morgan fingerprint density at radius 2 is 1.86 bits per heavy atom. The van der Waals surface area contributed by atoms with Gasteiger partial charge in [0, 0.05) is 5.69 Å². The molecule has 1 amide bonds. The van der Waals surface area contributed by atoms with Crippen LogP contribution in [0.3, 0.4) is 0 Å². The van der Waals surface area contributed by atoms with Crippen molar-refractivity contribution in [1.82, 2.24) is 10.2 Å². The summed E-state index contributed by atoms with van der Waals surface area (Å²) in [5.41, 5.74) is 1.63. The number of rotatable bonds is 6. The molecule has 0 aliphatic heterocycles. The van der Waals surface area contributed by atoms with Crippen LogP contribution in [0.4, 0.5) is 10.1 Å². The van der Waals surface area contributed by atoms with E-state index in [0.29, 0.717) is 10.7 Å². The Morgan fingerprint density at radius 3 is 2.55 bits per heavy atom. The molecular formula is C19H14Cl2FN3O3S. The molecule has 0 saturated carbocycles. The first kappa shape index (κ1) is 21.2. The molecule has 0 unspecified atom stereocenters. The van der Waals surface area contributed by atoms with Crippen molar-refractivity contribution in [2.75, 3.05) is 5.32 Å². The van der Waals surface area contributed by atoms with Gasteiger partial charge in [0.1, 0.15) is 12.4 Å². The maximum Gasteiger partial charge on any atom is 0.340 e. The molecule has 0 bridgehead atoms. The van der Waals surface area contributed by atoms with Crippen molar-refractivity contribution >= 4 is 52.1 Å². The lowest BCUT2D eigenvalue weighted by Gasteiger charge is -2.05. The molecule has 0 aliphatic rings. The van der Waals surface area contributed by atoms with E-state index < -0.39 is 17.7 Å². The molecule has 1 N–H and O–H groups in total. The Balaban J connectivity index is 1.60. The minimum atomic E-state index is -0.845. The van der Waals surface area contributed by atoms with Crippen molar-refractivity contribution in [3.63, 3.8) is 0 Å². The van der Waals surface area contributed by atoms with Crippen molar-refractivity contribution in [2.24, 2.45) is 0 Å². The summed E-state index contributed by atoms with van der Waals surface area (Å²) in [4.78, 5) is 24.4. The molecule has 1 heterocycles. The average Bonchev–Trinajstić information content (AvgIpc) is 3.19. The van der Waals surface area contributed by atoms with Crippen molar-refractivity contribution in [3.05, 3.63) is 73.4 Å². The van der Waals surface area contributed by atoms with Crippen LogP contribution in [0.1, 0.15) is 37.7 Å². The van der Waals surface area contributed by atoms with Gasteiger partial charge in [-0.2, -0.15) is 0 Å². The highest BCUT2D eigenvalue weighted by molar-refractivity contribution is 7.13. The zero-order chi connectivity index (χ0) is 21.0. The summed E-state index contributed by atoms with van der Waals surface area (Å²) in [6, 6.07) is 9.47. The number of carbonyl (C=O) groups is 2. The Hall–Kier alpha value is -2.55. The van der Waals surface area contributed by atoms with E-state index in [1.807, 2.05) is 19.1 Å². The minimum absolute atomic E-state index is 0.0344. The Kier molecular flexibility index (Phi) is 6.79. The first-order chi connectivity index (χ1) is 13.9. The van der Waals surface area contributed by atoms with E-state index in [-0.39, 0.29) is 27.2 Å². The fourth-order valence-corrected chi connectivity index (χ4v) is 3.40. The number of anilines is 1. The highest BCUT2D eigenvalue weighted by Crippen LogP contribution is 2.25. The Bertz CT molecular complexity index is 1060. The first-order valence-electron chi connectivity index (χ1n) is 8.41. The second kappa shape index (κ2) is 9.30. The molecule has 1 aromatic heterocycles. The lowest BCUT2D eigenvalue weighted by molar-refractivity contribution is 0.0471. The van der Waals surface area contributed by atoms with Gasteiger partial charge in [-0.1, -0.05) is 53.6 Å². The van der Waals surface area contributed by atoms with Crippen LogP contribution in [0.5, 0.6) is 0 Å². The van der Waals surface area contributed by atoms with Crippen molar-refractivity contribution in [1.29, 1.82) is 0 Å². The summed E-state index contributed by atoms with van der Waals surface area (Å²) in [5, 5.41) is 10.5. The van der Waals surface area contributed by atoms with Crippen LogP contribution >= 0.6 is 34.5 Å². The molecule has 0 radical (unpaired) electrons. The van der Waals surface area contributed by atoms with Gasteiger partial charge < -0.3 is 10.1 Å². The molecule has 29 heavy (non-hydrogen) atoms. The lowest BCUT2D eigenvalue weighted by Crippen LogP contribution is -2.11. The predicted molar refractivity (Wildman–Crippen MR) is 109 cm³/mol. The number of esters is 1. The number of aromatic nitrogens is 2. The van der Waals surface area contributed by atoms with Gasteiger partial charge >= 0.3 is 5.97 Å². The number of hydrogen-bond acceptors (Lipinski definition) is 6. The van der Waals surface area contributed by atoms with Gasteiger partial charge in [0.2, 0.25) is 5.01 Å². The van der Waals surface area contributed by atoms with E-state index in [2.05, 4.69) is 15.5 Å². The Labute approximate surface area is 179 Å². The first-order valence-corrected chi connectivity index (χ1v) is 9.99. The fourth-order valence-electron chi connectivity index (χ4n) is 2.30. The zero-order valence-corrected chi connectivity index (χ0v) is 17.4. The molecule has 6 nitrogen and oxygen atoms in total. The number of carbonyl (C=O) groups excluding carboxylic acids is 2. The molecule has 3 rings (SSSR count). The van der Waals surface area contributed by atoms with Gasteiger partial charge in [-0.05, 0) is 36.2 Å². The summed E-state index contributed by atoms with van der Waals surface area (Å²) in [5.74, 6) is -2.06. The van der Waals surface area contributed by atoms with Crippen molar-refractivity contribution in [2.45, 2.75) is 20.0 Å². The monoisotopic (exact) mass is 453 g/mol. The lowest BCUT2D eigenvalue weighted by atomic mass is 10.1. The Morgan fingerprint density at radius 1 is 1.14 bits per heavy atom. The van der Waals surface area contributed by atoms with Gasteiger partial charge in [0.15, 0.2) is 5.01 Å². The smallest absolute Gasteiger partial charge is 0.340 e. The van der Waals surface area contributed by atoms with Crippen LogP contribution in [0.15, 0.2) is 36.4 Å². The van der Waals surface area contributed by atoms with E-state index in [4.69, 9.17) is 27.9 Å². The molecule has 10 heteroatoms. The molecule has 150 valence electrons. The fraction of sp³-hybridized carbons (Fsp3) is 0.158. The van der Waals surface area contributed by atoms with E-state index in [1.165, 1.54) is 0 Å². The molecule has 0 spiro atoms. The number of hydrogen-bond donors (Lipinski definition) is 1. The average molecular weight is 454 g/mol. The SMILES string of the molecule is CCc1ccc(NC(=O)c2nnc(COC(=O)c3cc(F)c(Cl)cc3Cl)s2)cc1. The number of aryl methyl sites for hydroxylation is 1. The molecule has 0 saturated heterocycles. The number of nitrogens with one attached hydrogen (secondary N) is 1. The quantitative estimate of drug-likeness (QED) is 0.411. The summed E-state index contributed by atoms with van der Waals surface area (Å²) < 4.78 is 18.6. The number of ether oxygens (including phenoxy) is 1. The second-order valence-corrected chi connectivity index (χ2v) is 7.70. The number of nitrogens with zero attached hydrogens (tertiary/aromatic N) is 2. The van der Waals surface area contributed by atoms with Gasteiger partial charge in [-0.15, -0.1) is 10.2 Å². The largest absolute Gasteiger partial charge is 0.455 e. The topological polar surface area (TPSA) is 81.2 Å². The maximum atomic E-state index is 13.5. The van der Waals surface area contributed by atoms with Crippen LogP contribution in [0, 0.1) is 5.82 Å². The summed E-state index contributed by atoms with van der Waals surface area (Å²) in [6.07, 6.45) is 0.903. The van der Waals surface area contributed by atoms with Crippen molar-refractivity contribution in [3.8, 4) is 0 Å². The number of amides is 1. The number of benzene rings is 2. The third-order valence-corrected chi connectivity index (χ3v) is 5.34. The highest BCUT2D eigenvalue weighted by atomic mass is 35.5. The minimum Gasteiger partial charge on any atom is -0.455 e. The molecule has 0 atom stereocenters. The third-order valence-electron chi connectivity index (χ3n) is 3.84. The summed E-state index contributed by atoms with van der Waals surface area (Å²) >= 11 is 12.5. The van der Waals surface area contributed by atoms with E-state index in [0.717, 1.165) is 35.5 Å². The third kappa shape index (κ3) is 5.29. The summed E-state index contributed by atoms with van der Waals surface area (Å²) in [6.45, 7) is 1.80. The predicted octanol–water partition coefficient (Wildman–Crippen LogP) is 5.16. The summed E-state index contributed by atoms with van der Waals surface area (Å²) in [7, 11) is 0. The molecule has 3 aromatic rings. The van der Waals surface area contributed by atoms with E-state index >= 15 is 0 Å². The van der Waals surface area contributed by atoms with Crippen LogP contribution in [0.25, 0.3) is 0 Å². The van der Waals surface area contributed by atoms with Crippen LogP contribution in [-0.2, 0) is 17.8 Å². The van der Waals surface area contributed by atoms with E-state index in [1.54, 1.807) is 12.1 Å². The molecular weight excluding hydrogens is 440 g/mol. The zero-order valence-electron chi connectivity index (χ0n) is 15.0. The molecule has 0 fully saturated rings. The molecule has 2 aromatic carbocycles. The van der Waals surface area contributed by atoms with Gasteiger partial charge in [0.25, 0.3) is 5.91 Å². The van der Waals surface area contributed by atoms with Gasteiger partial charge in [-0.25, -0.2) is 9.18 Å². The van der Waals surface area contributed by atoms with E-state index in [9.17, 15) is 14.0 Å². The maximum absolute atomic E-state index is 13.5. The van der Waals surface area contributed by atoms with Crippen molar-refractivity contribution < 1.29 is 18.7 Å². The van der Waals surface area contributed by atoms with Gasteiger partial charge in [0.05, 0.1) is 15.6 Å². The van der Waals surface area contributed by atoms with Crippen LogP contribution in [0.2, 0.25) is 10.0 Å². The van der Waals surface area contributed by atoms with Crippen LogP contribution < -0.4 is 5.32 Å².